The normalized spacial score (nSPS) is 22.8. The van der Waals surface area contributed by atoms with Crippen LogP contribution in [0.2, 0.25) is 0 Å². The van der Waals surface area contributed by atoms with E-state index >= 15 is 0 Å². The third kappa shape index (κ3) is 3.90. The molecule has 0 N–H and O–H groups in total. The van der Waals surface area contributed by atoms with Crippen molar-refractivity contribution in [2.45, 2.75) is 19.3 Å². The SMILES string of the molecule is COCC1CC(=O)N(CC2CCN(C(=O)c3cscn3)CC2)C1. The number of rotatable bonds is 5. The van der Waals surface area contributed by atoms with Crippen LogP contribution >= 0.6 is 11.3 Å². The van der Waals surface area contributed by atoms with Gasteiger partial charge in [-0.1, -0.05) is 0 Å². The molecule has 126 valence electrons. The molecule has 0 bridgehead atoms. The molecule has 0 spiro atoms. The van der Waals surface area contributed by atoms with Gasteiger partial charge >= 0.3 is 0 Å². The minimum Gasteiger partial charge on any atom is -0.384 e. The highest BCUT2D eigenvalue weighted by atomic mass is 32.1. The number of carbonyl (C=O) groups is 2. The van der Waals surface area contributed by atoms with Crippen molar-refractivity contribution >= 4 is 23.2 Å². The number of likely N-dealkylation sites (tertiary alicyclic amines) is 2. The molecule has 1 unspecified atom stereocenters. The summed E-state index contributed by atoms with van der Waals surface area (Å²) in [4.78, 5) is 32.3. The summed E-state index contributed by atoms with van der Waals surface area (Å²) in [6, 6.07) is 0. The van der Waals surface area contributed by atoms with E-state index in [1.807, 2.05) is 9.80 Å². The van der Waals surface area contributed by atoms with E-state index < -0.39 is 0 Å². The molecule has 1 atom stereocenters. The van der Waals surface area contributed by atoms with Crippen LogP contribution in [0.4, 0.5) is 0 Å². The van der Waals surface area contributed by atoms with Gasteiger partial charge in [0.1, 0.15) is 5.69 Å². The molecule has 7 heteroatoms. The third-order valence-corrected chi connectivity index (χ3v) is 5.32. The van der Waals surface area contributed by atoms with Gasteiger partial charge in [-0.2, -0.15) is 0 Å². The minimum absolute atomic E-state index is 0.0297. The number of piperidine rings is 1. The second kappa shape index (κ2) is 7.40. The van der Waals surface area contributed by atoms with Gasteiger partial charge in [0.05, 0.1) is 12.1 Å². The van der Waals surface area contributed by atoms with E-state index in [0.717, 1.165) is 39.0 Å². The molecule has 2 saturated heterocycles. The lowest BCUT2D eigenvalue weighted by Gasteiger charge is -2.33. The molecule has 0 aromatic carbocycles. The summed E-state index contributed by atoms with van der Waals surface area (Å²) in [6.07, 6.45) is 2.51. The van der Waals surface area contributed by atoms with Crippen LogP contribution in [0.15, 0.2) is 10.9 Å². The first kappa shape index (κ1) is 16.4. The van der Waals surface area contributed by atoms with Crippen LogP contribution in [0.3, 0.4) is 0 Å². The lowest BCUT2D eigenvalue weighted by atomic mass is 9.96. The fourth-order valence-corrected chi connectivity index (χ4v) is 4.01. The fraction of sp³-hybridized carbons (Fsp3) is 0.688. The average Bonchev–Trinajstić information content (AvgIpc) is 3.19. The van der Waals surface area contributed by atoms with Gasteiger partial charge in [-0.25, -0.2) is 4.98 Å². The van der Waals surface area contributed by atoms with Crippen molar-refractivity contribution in [3.05, 3.63) is 16.6 Å². The molecule has 0 aliphatic carbocycles. The number of hydrogen-bond acceptors (Lipinski definition) is 5. The minimum atomic E-state index is 0.0297. The fourth-order valence-electron chi connectivity index (χ4n) is 3.49. The first-order valence-corrected chi connectivity index (χ1v) is 9.06. The van der Waals surface area contributed by atoms with Crippen molar-refractivity contribution < 1.29 is 14.3 Å². The molecule has 1 aromatic rings. The summed E-state index contributed by atoms with van der Waals surface area (Å²) in [6.45, 7) is 3.79. The van der Waals surface area contributed by atoms with Crippen molar-refractivity contribution in [1.82, 2.24) is 14.8 Å². The Balaban J connectivity index is 1.46. The summed E-state index contributed by atoms with van der Waals surface area (Å²) in [5.41, 5.74) is 2.24. The van der Waals surface area contributed by atoms with Crippen molar-refractivity contribution in [2.75, 3.05) is 39.9 Å². The van der Waals surface area contributed by atoms with Crippen molar-refractivity contribution in [3.8, 4) is 0 Å². The standard InChI is InChI=1S/C16H23N3O3S/c1-22-9-13-6-15(20)19(8-13)7-12-2-4-18(5-3-12)16(21)14-10-23-11-17-14/h10-13H,2-9H2,1H3. The maximum absolute atomic E-state index is 12.3. The predicted molar refractivity (Wildman–Crippen MR) is 87.3 cm³/mol. The van der Waals surface area contributed by atoms with Crippen molar-refractivity contribution in [3.63, 3.8) is 0 Å². The second-order valence-electron chi connectivity index (χ2n) is 6.43. The molecule has 0 radical (unpaired) electrons. The number of amides is 2. The monoisotopic (exact) mass is 337 g/mol. The first-order chi connectivity index (χ1) is 11.2. The smallest absolute Gasteiger partial charge is 0.273 e. The second-order valence-corrected chi connectivity index (χ2v) is 7.15. The largest absolute Gasteiger partial charge is 0.384 e. The Morgan fingerprint density at radius 3 is 2.83 bits per heavy atom. The number of methoxy groups -OCH3 is 1. The van der Waals surface area contributed by atoms with Crippen LogP contribution in [0.1, 0.15) is 29.8 Å². The summed E-state index contributed by atoms with van der Waals surface area (Å²) >= 11 is 1.45. The Morgan fingerprint density at radius 2 is 2.17 bits per heavy atom. The number of ether oxygens (including phenoxy) is 1. The Bertz CT molecular complexity index is 541. The van der Waals surface area contributed by atoms with Gasteiger partial charge in [0.15, 0.2) is 0 Å². The molecule has 2 aliphatic heterocycles. The van der Waals surface area contributed by atoms with Gasteiger partial charge in [-0.05, 0) is 18.8 Å². The molecule has 3 heterocycles. The highest BCUT2D eigenvalue weighted by Gasteiger charge is 2.32. The third-order valence-electron chi connectivity index (χ3n) is 4.73. The summed E-state index contributed by atoms with van der Waals surface area (Å²) in [7, 11) is 1.68. The van der Waals surface area contributed by atoms with E-state index in [2.05, 4.69) is 4.98 Å². The lowest BCUT2D eigenvalue weighted by molar-refractivity contribution is -0.128. The van der Waals surface area contributed by atoms with Crippen LogP contribution in [0.5, 0.6) is 0 Å². The Kier molecular flexibility index (Phi) is 5.27. The number of aromatic nitrogens is 1. The van der Waals surface area contributed by atoms with Gasteiger partial charge in [0.2, 0.25) is 5.91 Å². The zero-order chi connectivity index (χ0) is 16.2. The van der Waals surface area contributed by atoms with Crippen LogP contribution in [0.25, 0.3) is 0 Å². The van der Waals surface area contributed by atoms with E-state index in [4.69, 9.17) is 4.74 Å². The van der Waals surface area contributed by atoms with Crippen LogP contribution in [0, 0.1) is 11.8 Å². The van der Waals surface area contributed by atoms with Crippen molar-refractivity contribution in [2.24, 2.45) is 11.8 Å². The Labute approximate surface area is 140 Å². The Hall–Kier alpha value is -1.47. The van der Waals surface area contributed by atoms with Crippen molar-refractivity contribution in [1.29, 1.82) is 0 Å². The van der Waals surface area contributed by atoms with E-state index in [0.29, 0.717) is 30.6 Å². The van der Waals surface area contributed by atoms with Crippen LogP contribution < -0.4 is 0 Å². The molecule has 0 saturated carbocycles. The quantitative estimate of drug-likeness (QED) is 0.817. The molecular formula is C16H23N3O3S. The van der Waals surface area contributed by atoms with E-state index in [-0.39, 0.29) is 11.8 Å². The molecule has 2 fully saturated rings. The predicted octanol–water partition coefficient (Wildman–Crippen LogP) is 1.49. The van der Waals surface area contributed by atoms with Gasteiger partial charge in [0, 0.05) is 51.0 Å². The van der Waals surface area contributed by atoms with E-state index in [1.165, 1.54) is 11.3 Å². The van der Waals surface area contributed by atoms with Gasteiger partial charge in [-0.15, -0.1) is 11.3 Å². The van der Waals surface area contributed by atoms with Crippen LogP contribution in [-0.2, 0) is 9.53 Å². The topological polar surface area (TPSA) is 62.7 Å². The summed E-state index contributed by atoms with van der Waals surface area (Å²) in [5.74, 6) is 1.09. The molecular weight excluding hydrogens is 314 g/mol. The molecule has 2 aliphatic rings. The highest BCUT2D eigenvalue weighted by molar-refractivity contribution is 7.07. The molecule has 3 rings (SSSR count). The number of carbonyl (C=O) groups excluding carboxylic acids is 2. The Morgan fingerprint density at radius 1 is 1.39 bits per heavy atom. The van der Waals surface area contributed by atoms with E-state index in [1.54, 1.807) is 18.0 Å². The molecule has 6 nitrogen and oxygen atoms in total. The van der Waals surface area contributed by atoms with Crippen LogP contribution in [-0.4, -0.2) is 66.5 Å². The maximum atomic E-state index is 12.3. The zero-order valence-electron chi connectivity index (χ0n) is 13.4. The zero-order valence-corrected chi connectivity index (χ0v) is 14.3. The lowest BCUT2D eigenvalue weighted by Crippen LogP contribution is -2.42. The average molecular weight is 337 g/mol. The first-order valence-electron chi connectivity index (χ1n) is 8.11. The number of hydrogen-bond donors (Lipinski definition) is 0. The van der Waals surface area contributed by atoms with Gasteiger partial charge in [-0.3, -0.25) is 9.59 Å². The summed E-state index contributed by atoms with van der Waals surface area (Å²) < 4.78 is 5.16. The molecule has 23 heavy (non-hydrogen) atoms. The number of nitrogens with zero attached hydrogens (tertiary/aromatic N) is 3. The maximum Gasteiger partial charge on any atom is 0.273 e. The number of thiazole rings is 1. The molecule has 1 aromatic heterocycles. The molecule has 2 amide bonds. The highest BCUT2D eigenvalue weighted by Crippen LogP contribution is 2.24. The summed E-state index contributed by atoms with van der Waals surface area (Å²) in [5, 5.41) is 1.80. The van der Waals surface area contributed by atoms with Gasteiger partial charge in [0.25, 0.3) is 5.91 Å². The van der Waals surface area contributed by atoms with Gasteiger partial charge < -0.3 is 14.5 Å². The van der Waals surface area contributed by atoms with E-state index in [9.17, 15) is 9.59 Å².